The summed E-state index contributed by atoms with van der Waals surface area (Å²) in [6.07, 6.45) is 5.84. The zero-order chi connectivity index (χ0) is 32.4. The van der Waals surface area contributed by atoms with Crippen LogP contribution in [0.15, 0.2) is 0 Å². The van der Waals surface area contributed by atoms with E-state index in [4.69, 9.17) is 20.4 Å². The van der Waals surface area contributed by atoms with Gasteiger partial charge in [-0.05, 0) is 51.4 Å². The van der Waals surface area contributed by atoms with Crippen LogP contribution in [0.5, 0.6) is 0 Å². The van der Waals surface area contributed by atoms with Gasteiger partial charge in [-0.15, -0.1) is 0 Å². The Kier molecular flexibility index (Phi) is 22.4. The van der Waals surface area contributed by atoms with Gasteiger partial charge in [0.05, 0.1) is 0 Å². The summed E-state index contributed by atoms with van der Waals surface area (Å²) in [6.45, 7) is 4.56. The van der Waals surface area contributed by atoms with E-state index in [-0.39, 0.29) is 24.2 Å². The summed E-state index contributed by atoms with van der Waals surface area (Å²) in [7, 11) is 0. The summed E-state index contributed by atoms with van der Waals surface area (Å²) in [5.74, 6) is 0. The van der Waals surface area contributed by atoms with Gasteiger partial charge in [0.25, 0.3) is 0 Å². The molecule has 1 fully saturated rings. The van der Waals surface area contributed by atoms with Crippen LogP contribution in [0.1, 0.15) is 77.0 Å². The molecule has 0 aromatic carbocycles. The Morgan fingerprint density at radius 2 is 0.614 bits per heavy atom. The largest absolute Gasteiger partial charge is 0.465 e. The van der Waals surface area contributed by atoms with Crippen molar-refractivity contribution in [2.45, 2.75) is 101 Å². The summed E-state index contributed by atoms with van der Waals surface area (Å²) in [4.78, 5) is 43.1. The highest BCUT2D eigenvalue weighted by atomic mass is 16.4. The summed E-state index contributed by atoms with van der Waals surface area (Å²) in [6, 6.07) is 0.689. The van der Waals surface area contributed by atoms with Crippen molar-refractivity contribution in [2.24, 2.45) is 0 Å². The summed E-state index contributed by atoms with van der Waals surface area (Å²) < 4.78 is 0. The topological polar surface area (TPSA) is 245 Å². The van der Waals surface area contributed by atoms with E-state index in [1.54, 1.807) is 0 Å². The zero-order valence-corrected chi connectivity index (χ0v) is 25.9. The standard InChI is InChI=1S/C28H56N8O8/c37-25(38)29-13-5-1-9-21-17-34-23(11-3-7-15-31-27(41)42)19-36-24(12-4-8-16-32-28(43)44)20-35-22(18-33-21)10-2-6-14-30-26(39)40/h21-24,29-36H,1-20H2,(H,37,38)(H,39,40)(H,41,42)(H,43,44)/t21-,22-,23-,24-/m0/s1. The molecule has 0 aromatic heterocycles. The van der Waals surface area contributed by atoms with Crippen LogP contribution < -0.4 is 42.5 Å². The van der Waals surface area contributed by atoms with Crippen LogP contribution in [0, 0.1) is 0 Å². The molecule has 16 heteroatoms. The first-order valence-corrected chi connectivity index (χ1v) is 16.0. The highest BCUT2D eigenvalue weighted by Gasteiger charge is 2.20. The van der Waals surface area contributed by atoms with Crippen molar-refractivity contribution in [2.75, 3.05) is 52.4 Å². The van der Waals surface area contributed by atoms with Gasteiger partial charge in [-0.1, -0.05) is 25.7 Å². The van der Waals surface area contributed by atoms with Crippen molar-refractivity contribution >= 4 is 24.4 Å². The molecule has 0 unspecified atom stereocenters. The fraction of sp³-hybridized carbons (Fsp3) is 0.857. The molecule has 4 amide bonds. The molecule has 1 aliphatic heterocycles. The molecule has 44 heavy (non-hydrogen) atoms. The number of nitrogens with one attached hydrogen (secondary N) is 8. The Morgan fingerprint density at radius 3 is 0.795 bits per heavy atom. The second kappa shape index (κ2) is 25.3. The second-order valence-electron chi connectivity index (χ2n) is 11.3. The molecule has 1 rings (SSSR count). The first-order chi connectivity index (χ1) is 21.2. The van der Waals surface area contributed by atoms with Gasteiger partial charge >= 0.3 is 24.4 Å². The van der Waals surface area contributed by atoms with E-state index in [1.165, 1.54) is 0 Å². The highest BCUT2D eigenvalue weighted by Crippen LogP contribution is 2.09. The Morgan fingerprint density at radius 1 is 0.409 bits per heavy atom. The van der Waals surface area contributed by atoms with Crippen molar-refractivity contribution in [3.05, 3.63) is 0 Å². The third-order valence-electron chi connectivity index (χ3n) is 7.63. The van der Waals surface area contributed by atoms with Crippen LogP contribution in [0.4, 0.5) is 19.2 Å². The van der Waals surface area contributed by atoms with Gasteiger partial charge in [0, 0.05) is 76.5 Å². The quantitative estimate of drug-likeness (QED) is 0.0856. The van der Waals surface area contributed by atoms with Gasteiger partial charge in [0.1, 0.15) is 0 Å². The van der Waals surface area contributed by atoms with Crippen LogP contribution in [-0.4, -0.2) is 121 Å². The average Bonchev–Trinajstić information content (AvgIpc) is 2.95. The van der Waals surface area contributed by atoms with Gasteiger partial charge in [-0.3, -0.25) is 0 Å². The molecule has 1 saturated heterocycles. The molecule has 1 aliphatic rings. The molecule has 0 saturated carbocycles. The SMILES string of the molecule is O=C(O)NCCCC[C@H]1CN[C@@H](CCCCNC(=O)O)CN[C@@H](CCCCNC(=O)O)CN[C@@H](CCCCNC(=O)O)CN1. The Bertz CT molecular complexity index is 666. The normalized spacial score (nSPS) is 21.3. The van der Waals surface area contributed by atoms with Gasteiger partial charge in [-0.2, -0.15) is 0 Å². The summed E-state index contributed by atoms with van der Waals surface area (Å²) in [5.41, 5.74) is 0. The van der Waals surface area contributed by atoms with Crippen LogP contribution in [0.2, 0.25) is 0 Å². The Hall–Kier alpha value is -3.08. The van der Waals surface area contributed by atoms with Crippen molar-refractivity contribution in [3.8, 4) is 0 Å². The number of rotatable bonds is 20. The van der Waals surface area contributed by atoms with Crippen molar-refractivity contribution in [1.82, 2.24) is 42.5 Å². The Balaban J connectivity index is 2.83. The van der Waals surface area contributed by atoms with Crippen molar-refractivity contribution in [3.63, 3.8) is 0 Å². The lowest BCUT2D eigenvalue weighted by Crippen LogP contribution is -2.54. The molecule has 0 aromatic rings. The molecule has 0 radical (unpaired) electrons. The Labute approximate surface area is 260 Å². The van der Waals surface area contributed by atoms with Crippen LogP contribution in [0.25, 0.3) is 0 Å². The molecule has 4 atom stereocenters. The predicted molar refractivity (Wildman–Crippen MR) is 167 cm³/mol. The van der Waals surface area contributed by atoms with E-state index in [1.807, 2.05) is 0 Å². The van der Waals surface area contributed by atoms with Gasteiger partial charge < -0.3 is 63.0 Å². The van der Waals surface area contributed by atoms with Gasteiger partial charge in [0.15, 0.2) is 0 Å². The first-order valence-electron chi connectivity index (χ1n) is 16.0. The maximum Gasteiger partial charge on any atom is 0.404 e. The summed E-state index contributed by atoms with van der Waals surface area (Å²) >= 11 is 0. The monoisotopic (exact) mass is 632 g/mol. The van der Waals surface area contributed by atoms with Crippen LogP contribution >= 0.6 is 0 Å². The lowest BCUT2D eigenvalue weighted by molar-refractivity contribution is 0.193. The minimum Gasteiger partial charge on any atom is -0.465 e. The number of unbranched alkanes of at least 4 members (excludes halogenated alkanes) is 4. The van der Waals surface area contributed by atoms with E-state index < -0.39 is 24.4 Å². The lowest BCUT2D eigenvalue weighted by Gasteiger charge is -2.31. The maximum atomic E-state index is 10.8. The average molecular weight is 633 g/mol. The second-order valence-corrected chi connectivity index (χ2v) is 11.3. The third-order valence-corrected chi connectivity index (χ3v) is 7.63. The molecule has 0 aliphatic carbocycles. The fourth-order valence-electron chi connectivity index (χ4n) is 5.19. The zero-order valence-electron chi connectivity index (χ0n) is 25.9. The molecule has 256 valence electrons. The number of carbonyl (C=O) groups is 4. The highest BCUT2D eigenvalue weighted by molar-refractivity contribution is 5.65. The molecule has 12 N–H and O–H groups in total. The van der Waals surface area contributed by atoms with Crippen molar-refractivity contribution < 1.29 is 39.6 Å². The third kappa shape index (κ3) is 23.4. The minimum atomic E-state index is -1.02. The van der Waals surface area contributed by atoms with E-state index in [9.17, 15) is 19.2 Å². The number of amides is 4. The van der Waals surface area contributed by atoms with Crippen LogP contribution in [-0.2, 0) is 0 Å². The van der Waals surface area contributed by atoms with Gasteiger partial charge in [0.2, 0.25) is 0 Å². The summed E-state index contributed by atoms with van der Waals surface area (Å²) in [5, 5.41) is 59.8. The molecule has 0 spiro atoms. The minimum absolute atomic E-state index is 0.172. The van der Waals surface area contributed by atoms with E-state index in [0.29, 0.717) is 26.2 Å². The van der Waals surface area contributed by atoms with E-state index in [0.717, 1.165) is 103 Å². The maximum absolute atomic E-state index is 10.8. The van der Waals surface area contributed by atoms with E-state index in [2.05, 4.69) is 42.5 Å². The van der Waals surface area contributed by atoms with Gasteiger partial charge in [-0.25, -0.2) is 19.2 Å². The lowest BCUT2D eigenvalue weighted by atomic mass is 10.0. The molecule has 1 heterocycles. The fourth-order valence-corrected chi connectivity index (χ4v) is 5.19. The number of hydrogen-bond donors (Lipinski definition) is 12. The van der Waals surface area contributed by atoms with E-state index >= 15 is 0 Å². The van der Waals surface area contributed by atoms with Crippen LogP contribution in [0.3, 0.4) is 0 Å². The number of hydrogen-bond acceptors (Lipinski definition) is 8. The molecule has 0 bridgehead atoms. The number of carboxylic acid groups (broad SMARTS) is 4. The van der Waals surface area contributed by atoms with Crippen molar-refractivity contribution in [1.29, 1.82) is 0 Å². The molecule has 16 nitrogen and oxygen atoms in total. The molecular formula is C28H56N8O8. The first kappa shape index (κ1) is 38.9. The smallest absolute Gasteiger partial charge is 0.404 e. The predicted octanol–water partition coefficient (Wildman–Crippen LogP) is 1.58. The molecular weight excluding hydrogens is 576 g/mol.